The van der Waals surface area contributed by atoms with Gasteiger partial charge in [-0.25, -0.2) is 0 Å². The fourth-order valence-electron chi connectivity index (χ4n) is 3.03. The average Bonchev–Trinajstić information content (AvgIpc) is 2.84. The molecule has 0 aliphatic heterocycles. The lowest BCUT2D eigenvalue weighted by Gasteiger charge is -2.33. The molecule has 19 heavy (non-hydrogen) atoms. The molecule has 1 aliphatic carbocycles. The van der Waals surface area contributed by atoms with Gasteiger partial charge >= 0.3 is 0 Å². The van der Waals surface area contributed by atoms with Crippen molar-refractivity contribution < 1.29 is 4.79 Å². The first-order chi connectivity index (χ1) is 8.93. The molecule has 2 rings (SSSR count). The highest BCUT2D eigenvalue weighted by Crippen LogP contribution is 2.29. The number of aryl methyl sites for hydroxylation is 2. The van der Waals surface area contributed by atoms with E-state index in [0.717, 1.165) is 29.5 Å². The summed E-state index contributed by atoms with van der Waals surface area (Å²) in [5.74, 6) is -0.298. The van der Waals surface area contributed by atoms with Gasteiger partial charge in [0, 0.05) is 6.04 Å². The van der Waals surface area contributed by atoms with Crippen LogP contribution in [-0.2, 0) is 10.3 Å². The molecule has 0 saturated heterocycles. The molecule has 0 spiro atoms. The number of hydrogen-bond donors (Lipinski definition) is 2. The van der Waals surface area contributed by atoms with Crippen molar-refractivity contribution in [3.05, 3.63) is 34.9 Å². The van der Waals surface area contributed by atoms with Gasteiger partial charge in [-0.05, 0) is 44.7 Å². The SMILES string of the molecule is Cc1ccc(C)c(C(C)(NC2CCCC2)C(N)=O)c1. The van der Waals surface area contributed by atoms with E-state index in [1.54, 1.807) is 0 Å². The molecular weight excluding hydrogens is 236 g/mol. The van der Waals surface area contributed by atoms with E-state index in [1.807, 2.05) is 20.8 Å². The van der Waals surface area contributed by atoms with Crippen molar-refractivity contribution in [2.45, 2.75) is 58.0 Å². The summed E-state index contributed by atoms with van der Waals surface area (Å²) >= 11 is 0. The Kier molecular flexibility index (Phi) is 3.95. The highest BCUT2D eigenvalue weighted by Gasteiger charge is 2.37. The number of hydrogen-bond acceptors (Lipinski definition) is 2. The van der Waals surface area contributed by atoms with Gasteiger partial charge < -0.3 is 5.73 Å². The van der Waals surface area contributed by atoms with Gasteiger partial charge in [0.25, 0.3) is 0 Å². The highest BCUT2D eigenvalue weighted by molar-refractivity contribution is 5.86. The molecule has 1 aromatic carbocycles. The summed E-state index contributed by atoms with van der Waals surface area (Å²) < 4.78 is 0. The maximum absolute atomic E-state index is 12.0. The van der Waals surface area contributed by atoms with Crippen molar-refractivity contribution in [1.29, 1.82) is 0 Å². The highest BCUT2D eigenvalue weighted by atomic mass is 16.1. The molecule has 3 N–H and O–H groups in total. The third kappa shape index (κ3) is 2.81. The Morgan fingerprint density at radius 1 is 1.32 bits per heavy atom. The third-order valence-corrected chi connectivity index (χ3v) is 4.27. The van der Waals surface area contributed by atoms with Gasteiger partial charge in [0.2, 0.25) is 5.91 Å². The lowest BCUT2D eigenvalue weighted by Crippen LogP contribution is -2.54. The zero-order valence-corrected chi connectivity index (χ0v) is 12.1. The van der Waals surface area contributed by atoms with Crippen molar-refractivity contribution in [2.75, 3.05) is 0 Å². The van der Waals surface area contributed by atoms with E-state index in [4.69, 9.17) is 5.73 Å². The number of carbonyl (C=O) groups is 1. The zero-order valence-electron chi connectivity index (χ0n) is 12.1. The van der Waals surface area contributed by atoms with Crippen LogP contribution in [0.5, 0.6) is 0 Å². The molecule has 1 saturated carbocycles. The van der Waals surface area contributed by atoms with Crippen molar-refractivity contribution in [3.63, 3.8) is 0 Å². The van der Waals surface area contributed by atoms with Gasteiger partial charge in [-0.3, -0.25) is 10.1 Å². The molecular formula is C16H24N2O. The Morgan fingerprint density at radius 3 is 2.53 bits per heavy atom. The van der Waals surface area contributed by atoms with Gasteiger partial charge in [0.15, 0.2) is 0 Å². The van der Waals surface area contributed by atoms with Crippen LogP contribution in [-0.4, -0.2) is 11.9 Å². The number of benzene rings is 1. The second-order valence-electron chi connectivity index (χ2n) is 5.93. The molecule has 1 atom stereocenters. The molecule has 1 aromatic rings. The van der Waals surface area contributed by atoms with Gasteiger partial charge in [-0.2, -0.15) is 0 Å². The molecule has 0 bridgehead atoms. The van der Waals surface area contributed by atoms with E-state index in [1.165, 1.54) is 12.8 Å². The van der Waals surface area contributed by atoms with Gasteiger partial charge in [-0.15, -0.1) is 0 Å². The summed E-state index contributed by atoms with van der Waals surface area (Å²) in [5.41, 5.74) is 8.19. The van der Waals surface area contributed by atoms with E-state index in [9.17, 15) is 4.79 Å². The molecule has 1 fully saturated rings. The standard InChI is InChI=1S/C16H24N2O/c1-11-8-9-12(2)14(10-11)16(3,15(17)19)18-13-6-4-5-7-13/h8-10,13,18H,4-7H2,1-3H3,(H2,17,19). The predicted molar refractivity (Wildman–Crippen MR) is 77.9 cm³/mol. The van der Waals surface area contributed by atoms with Crippen LogP contribution in [0.3, 0.4) is 0 Å². The van der Waals surface area contributed by atoms with Crippen LogP contribution in [0.15, 0.2) is 18.2 Å². The number of carbonyl (C=O) groups excluding carboxylic acids is 1. The summed E-state index contributed by atoms with van der Waals surface area (Å²) in [6, 6.07) is 6.59. The third-order valence-electron chi connectivity index (χ3n) is 4.27. The fourth-order valence-corrected chi connectivity index (χ4v) is 3.03. The molecule has 1 aliphatic rings. The summed E-state index contributed by atoms with van der Waals surface area (Å²) in [6.45, 7) is 5.99. The van der Waals surface area contributed by atoms with Gasteiger partial charge in [0.05, 0.1) is 0 Å². The van der Waals surface area contributed by atoms with Gasteiger partial charge in [0.1, 0.15) is 5.54 Å². The molecule has 3 nitrogen and oxygen atoms in total. The Morgan fingerprint density at radius 2 is 1.95 bits per heavy atom. The molecule has 3 heteroatoms. The Bertz CT molecular complexity index is 478. The van der Waals surface area contributed by atoms with Gasteiger partial charge in [-0.1, -0.05) is 36.6 Å². The molecule has 1 amide bonds. The van der Waals surface area contributed by atoms with E-state index in [-0.39, 0.29) is 5.91 Å². The van der Waals surface area contributed by atoms with Crippen molar-refractivity contribution in [3.8, 4) is 0 Å². The lowest BCUT2D eigenvalue weighted by molar-refractivity contribution is -0.124. The van der Waals surface area contributed by atoms with E-state index in [0.29, 0.717) is 6.04 Å². The van der Waals surface area contributed by atoms with Crippen molar-refractivity contribution in [1.82, 2.24) is 5.32 Å². The van der Waals surface area contributed by atoms with E-state index in [2.05, 4.69) is 23.5 Å². The fraction of sp³-hybridized carbons (Fsp3) is 0.562. The number of nitrogens with one attached hydrogen (secondary N) is 1. The van der Waals surface area contributed by atoms with Crippen LogP contribution in [0, 0.1) is 13.8 Å². The first kappa shape index (κ1) is 14.1. The second kappa shape index (κ2) is 5.33. The second-order valence-corrected chi connectivity index (χ2v) is 5.93. The Balaban J connectivity index is 2.37. The molecule has 0 radical (unpaired) electrons. The number of rotatable bonds is 4. The predicted octanol–water partition coefficient (Wildman–Crippen LogP) is 2.54. The molecule has 104 valence electrons. The first-order valence-electron chi connectivity index (χ1n) is 7.09. The Labute approximate surface area is 115 Å². The minimum atomic E-state index is -0.773. The number of amides is 1. The normalized spacial score (nSPS) is 19.3. The summed E-state index contributed by atoms with van der Waals surface area (Å²) in [5, 5.41) is 3.50. The molecule has 1 unspecified atom stereocenters. The maximum atomic E-state index is 12.0. The van der Waals surface area contributed by atoms with Crippen LogP contribution < -0.4 is 11.1 Å². The van der Waals surface area contributed by atoms with Crippen molar-refractivity contribution >= 4 is 5.91 Å². The minimum absolute atomic E-state index is 0.298. The number of primary amides is 1. The largest absolute Gasteiger partial charge is 0.368 e. The quantitative estimate of drug-likeness (QED) is 0.874. The molecule has 0 aromatic heterocycles. The zero-order chi connectivity index (χ0) is 14.0. The smallest absolute Gasteiger partial charge is 0.242 e. The Hall–Kier alpha value is -1.35. The minimum Gasteiger partial charge on any atom is -0.368 e. The number of nitrogens with two attached hydrogens (primary N) is 1. The monoisotopic (exact) mass is 260 g/mol. The lowest BCUT2D eigenvalue weighted by atomic mass is 9.86. The summed E-state index contributed by atoms with van der Waals surface area (Å²) in [7, 11) is 0. The summed E-state index contributed by atoms with van der Waals surface area (Å²) in [6.07, 6.45) is 4.74. The summed E-state index contributed by atoms with van der Waals surface area (Å²) in [4.78, 5) is 12.0. The van der Waals surface area contributed by atoms with Crippen LogP contribution in [0.2, 0.25) is 0 Å². The van der Waals surface area contributed by atoms with Crippen LogP contribution >= 0.6 is 0 Å². The van der Waals surface area contributed by atoms with E-state index >= 15 is 0 Å². The molecule has 0 heterocycles. The maximum Gasteiger partial charge on any atom is 0.242 e. The van der Waals surface area contributed by atoms with Crippen LogP contribution in [0.25, 0.3) is 0 Å². The van der Waals surface area contributed by atoms with Crippen LogP contribution in [0.4, 0.5) is 0 Å². The van der Waals surface area contributed by atoms with Crippen molar-refractivity contribution in [2.24, 2.45) is 5.73 Å². The van der Waals surface area contributed by atoms with Crippen LogP contribution in [0.1, 0.15) is 49.3 Å². The average molecular weight is 260 g/mol. The van der Waals surface area contributed by atoms with E-state index < -0.39 is 5.54 Å². The topological polar surface area (TPSA) is 55.1 Å². The first-order valence-corrected chi connectivity index (χ1v) is 7.09.